The molecule has 1 aromatic heterocycles. The van der Waals surface area contributed by atoms with E-state index in [0.29, 0.717) is 6.54 Å². The standard InChI is InChI=1S/C25H36N6O.HI/c1-5-26-24(29-21-16-25(2,3)32-22-9-7-6-8-20(21)22)28-18-19-10-11-23(27-17-19)31-14-12-30(4)13-15-31;/h6-11,17,21H,5,12-16,18H2,1-4H3,(H2,26,28,29);1H. The van der Waals surface area contributed by atoms with E-state index in [2.05, 4.69) is 72.5 Å². The van der Waals surface area contributed by atoms with Gasteiger partial charge in [-0.2, -0.15) is 0 Å². The molecule has 0 amide bonds. The molecule has 0 aliphatic carbocycles. The molecule has 0 bridgehead atoms. The van der Waals surface area contributed by atoms with Gasteiger partial charge in [0.25, 0.3) is 0 Å². The van der Waals surface area contributed by atoms with Gasteiger partial charge in [0.2, 0.25) is 0 Å². The van der Waals surface area contributed by atoms with Crippen LogP contribution in [0, 0.1) is 0 Å². The minimum absolute atomic E-state index is 0. The first-order valence-electron chi connectivity index (χ1n) is 11.6. The van der Waals surface area contributed by atoms with Gasteiger partial charge in [-0.15, -0.1) is 24.0 Å². The Bertz CT molecular complexity index is 925. The molecule has 0 spiro atoms. The normalized spacial score (nSPS) is 20.3. The van der Waals surface area contributed by atoms with Crippen LogP contribution >= 0.6 is 24.0 Å². The van der Waals surface area contributed by atoms with Gasteiger partial charge >= 0.3 is 0 Å². The number of anilines is 1. The van der Waals surface area contributed by atoms with Gasteiger partial charge in [0.05, 0.1) is 12.6 Å². The van der Waals surface area contributed by atoms with Crippen molar-refractivity contribution < 1.29 is 4.74 Å². The van der Waals surface area contributed by atoms with Crippen LogP contribution in [0.2, 0.25) is 0 Å². The van der Waals surface area contributed by atoms with Gasteiger partial charge in [0, 0.05) is 50.9 Å². The van der Waals surface area contributed by atoms with Crippen molar-refractivity contribution in [2.24, 2.45) is 4.99 Å². The number of halogens is 1. The molecule has 4 rings (SSSR count). The van der Waals surface area contributed by atoms with E-state index in [1.54, 1.807) is 0 Å². The van der Waals surface area contributed by atoms with Gasteiger partial charge in [-0.3, -0.25) is 0 Å². The summed E-state index contributed by atoms with van der Waals surface area (Å²) >= 11 is 0. The highest BCUT2D eigenvalue weighted by Gasteiger charge is 2.34. The fraction of sp³-hybridized carbons (Fsp3) is 0.520. The second-order valence-electron chi connectivity index (χ2n) is 9.31. The third-order valence-corrected chi connectivity index (χ3v) is 6.09. The molecule has 2 aromatic rings. The molecule has 2 aliphatic rings. The fourth-order valence-corrected chi connectivity index (χ4v) is 4.32. The molecule has 2 aliphatic heterocycles. The number of nitrogens with one attached hydrogen (secondary N) is 2. The topological polar surface area (TPSA) is 65.0 Å². The molecule has 33 heavy (non-hydrogen) atoms. The van der Waals surface area contributed by atoms with Crippen molar-refractivity contribution in [3.63, 3.8) is 0 Å². The van der Waals surface area contributed by atoms with Crippen molar-refractivity contribution in [1.29, 1.82) is 0 Å². The largest absolute Gasteiger partial charge is 0.487 e. The summed E-state index contributed by atoms with van der Waals surface area (Å²) in [6.45, 7) is 12.0. The maximum atomic E-state index is 6.17. The molecule has 8 heteroatoms. The van der Waals surface area contributed by atoms with Crippen LogP contribution < -0.4 is 20.3 Å². The highest BCUT2D eigenvalue weighted by Crippen LogP contribution is 2.39. The third-order valence-electron chi connectivity index (χ3n) is 6.09. The molecule has 1 aromatic carbocycles. The number of ether oxygens (including phenoxy) is 1. The molecular weight excluding hydrogens is 527 g/mol. The number of pyridine rings is 1. The third kappa shape index (κ3) is 6.72. The lowest BCUT2D eigenvalue weighted by molar-refractivity contribution is 0.0694. The Labute approximate surface area is 215 Å². The number of para-hydroxylation sites is 1. The van der Waals surface area contributed by atoms with Crippen LogP contribution in [0.1, 0.15) is 44.4 Å². The van der Waals surface area contributed by atoms with Gasteiger partial charge in [-0.05, 0) is 45.5 Å². The van der Waals surface area contributed by atoms with Crippen molar-refractivity contribution in [2.45, 2.75) is 45.4 Å². The molecule has 7 nitrogen and oxygen atoms in total. The second kappa shape index (κ2) is 11.4. The number of aliphatic imine (C=N–C) groups is 1. The number of nitrogens with zero attached hydrogens (tertiary/aromatic N) is 4. The van der Waals surface area contributed by atoms with E-state index >= 15 is 0 Å². The fourth-order valence-electron chi connectivity index (χ4n) is 4.32. The van der Waals surface area contributed by atoms with Crippen LogP contribution in [0.3, 0.4) is 0 Å². The first kappa shape index (κ1) is 25.6. The number of rotatable bonds is 5. The number of hydrogen-bond donors (Lipinski definition) is 2. The van der Waals surface area contributed by atoms with E-state index in [1.165, 1.54) is 5.56 Å². The molecule has 0 saturated carbocycles. The lowest BCUT2D eigenvalue weighted by Crippen LogP contribution is -2.45. The summed E-state index contributed by atoms with van der Waals surface area (Å²) in [4.78, 5) is 14.2. The molecule has 1 fully saturated rings. The predicted octanol–water partition coefficient (Wildman–Crippen LogP) is 3.81. The number of benzene rings is 1. The monoisotopic (exact) mass is 564 g/mol. The van der Waals surface area contributed by atoms with E-state index in [1.807, 2.05) is 18.3 Å². The number of fused-ring (bicyclic) bond motifs is 1. The van der Waals surface area contributed by atoms with E-state index < -0.39 is 0 Å². The average molecular weight is 565 g/mol. The zero-order chi connectivity index (χ0) is 22.6. The van der Waals surface area contributed by atoms with E-state index in [0.717, 1.165) is 62.2 Å². The zero-order valence-electron chi connectivity index (χ0n) is 20.2. The highest BCUT2D eigenvalue weighted by atomic mass is 127. The van der Waals surface area contributed by atoms with Gasteiger partial charge < -0.3 is 25.2 Å². The summed E-state index contributed by atoms with van der Waals surface area (Å²) in [6.07, 6.45) is 2.82. The minimum Gasteiger partial charge on any atom is -0.487 e. The molecule has 2 N–H and O–H groups in total. The predicted molar refractivity (Wildman–Crippen MR) is 146 cm³/mol. The Morgan fingerprint density at radius 2 is 1.91 bits per heavy atom. The second-order valence-corrected chi connectivity index (χ2v) is 9.31. The van der Waals surface area contributed by atoms with Crippen molar-refractivity contribution in [3.8, 4) is 5.75 Å². The Morgan fingerprint density at radius 1 is 1.15 bits per heavy atom. The molecule has 1 saturated heterocycles. The van der Waals surface area contributed by atoms with E-state index in [-0.39, 0.29) is 35.6 Å². The van der Waals surface area contributed by atoms with Crippen LogP contribution in [0.25, 0.3) is 0 Å². The van der Waals surface area contributed by atoms with Gasteiger partial charge in [-0.25, -0.2) is 9.98 Å². The molecular formula is C25H37IN6O. The average Bonchev–Trinajstić information content (AvgIpc) is 2.78. The van der Waals surface area contributed by atoms with Crippen molar-refractivity contribution in [3.05, 3.63) is 53.7 Å². The van der Waals surface area contributed by atoms with Crippen molar-refractivity contribution in [2.75, 3.05) is 44.7 Å². The first-order chi connectivity index (χ1) is 15.4. The lowest BCUT2D eigenvalue weighted by Gasteiger charge is -2.38. The van der Waals surface area contributed by atoms with E-state index in [9.17, 15) is 0 Å². The summed E-state index contributed by atoms with van der Waals surface area (Å²) < 4.78 is 6.17. The zero-order valence-corrected chi connectivity index (χ0v) is 22.5. The van der Waals surface area contributed by atoms with Crippen LogP contribution in [0.5, 0.6) is 5.75 Å². The SMILES string of the molecule is CCNC(=NCc1ccc(N2CCN(C)CC2)nc1)NC1CC(C)(C)Oc2ccccc21.I. The van der Waals surface area contributed by atoms with Crippen LogP contribution in [0.4, 0.5) is 5.82 Å². The van der Waals surface area contributed by atoms with Crippen LogP contribution in [-0.4, -0.2) is 61.2 Å². The highest BCUT2D eigenvalue weighted by molar-refractivity contribution is 14.0. The summed E-state index contributed by atoms with van der Waals surface area (Å²) in [5, 5.41) is 7.02. The Morgan fingerprint density at radius 3 is 2.61 bits per heavy atom. The summed E-state index contributed by atoms with van der Waals surface area (Å²) in [5.74, 6) is 2.81. The van der Waals surface area contributed by atoms with Gasteiger partial charge in [0.1, 0.15) is 17.2 Å². The van der Waals surface area contributed by atoms with Crippen LogP contribution in [-0.2, 0) is 6.54 Å². The summed E-state index contributed by atoms with van der Waals surface area (Å²) in [6, 6.07) is 12.7. The van der Waals surface area contributed by atoms with Crippen molar-refractivity contribution >= 4 is 35.8 Å². The smallest absolute Gasteiger partial charge is 0.192 e. The van der Waals surface area contributed by atoms with Gasteiger partial charge in [0.15, 0.2) is 5.96 Å². The number of piperazine rings is 1. The quantitative estimate of drug-likeness (QED) is 0.327. The number of hydrogen-bond acceptors (Lipinski definition) is 5. The molecule has 0 radical (unpaired) electrons. The maximum absolute atomic E-state index is 6.17. The minimum atomic E-state index is -0.230. The number of guanidine groups is 1. The molecule has 1 unspecified atom stereocenters. The van der Waals surface area contributed by atoms with Crippen LogP contribution in [0.15, 0.2) is 47.6 Å². The molecule has 1 atom stereocenters. The maximum Gasteiger partial charge on any atom is 0.192 e. The Kier molecular flexibility index (Phi) is 8.81. The molecule has 3 heterocycles. The summed E-state index contributed by atoms with van der Waals surface area (Å²) in [5.41, 5.74) is 2.05. The Balaban J connectivity index is 0.00000306. The summed E-state index contributed by atoms with van der Waals surface area (Å²) in [7, 11) is 2.17. The van der Waals surface area contributed by atoms with Gasteiger partial charge in [-0.1, -0.05) is 24.3 Å². The molecule has 180 valence electrons. The number of likely N-dealkylation sites (N-methyl/N-ethyl adjacent to an activating group) is 1. The Hall–Kier alpha value is -2.07. The van der Waals surface area contributed by atoms with E-state index in [4.69, 9.17) is 14.7 Å². The van der Waals surface area contributed by atoms with Crippen molar-refractivity contribution in [1.82, 2.24) is 20.5 Å². The lowest BCUT2D eigenvalue weighted by atomic mass is 9.90. The number of aromatic nitrogens is 1. The first-order valence-corrected chi connectivity index (χ1v) is 11.6.